The van der Waals surface area contributed by atoms with E-state index in [2.05, 4.69) is 12.6 Å². The van der Waals surface area contributed by atoms with Crippen LogP contribution in [-0.2, 0) is 14.9 Å². The van der Waals surface area contributed by atoms with Crippen molar-refractivity contribution in [2.75, 3.05) is 13.9 Å². The van der Waals surface area contributed by atoms with Gasteiger partial charge >= 0.3 is 0 Å². The maximum atomic E-state index is 13.5. The Hall–Kier alpha value is -2.15. The zero-order valence-electron chi connectivity index (χ0n) is 19.8. The lowest BCUT2D eigenvalue weighted by molar-refractivity contribution is -0.150. The molecule has 2 aromatic rings. The smallest absolute Gasteiger partial charge is 0.217 e. The Labute approximate surface area is 206 Å². The van der Waals surface area contributed by atoms with Crippen LogP contribution in [-0.4, -0.2) is 31.1 Å². The van der Waals surface area contributed by atoms with Gasteiger partial charge in [0.25, 0.3) is 0 Å². The summed E-state index contributed by atoms with van der Waals surface area (Å²) in [5.74, 6) is 2.88. The number of hydrogen-bond donors (Lipinski definition) is 1. The Morgan fingerprint density at radius 1 is 1.00 bits per heavy atom. The monoisotopic (exact) mass is 480 g/mol. The molecule has 5 nitrogen and oxygen atoms in total. The van der Waals surface area contributed by atoms with E-state index in [1.165, 1.54) is 19.3 Å². The van der Waals surface area contributed by atoms with Gasteiger partial charge in [0.2, 0.25) is 5.12 Å². The Morgan fingerprint density at radius 2 is 1.62 bits per heavy atom. The van der Waals surface area contributed by atoms with E-state index in [4.69, 9.17) is 14.2 Å². The lowest BCUT2D eigenvalue weighted by atomic mass is 9.48. The molecule has 6 rings (SSSR count). The molecular weight excluding hydrogens is 448 g/mol. The van der Waals surface area contributed by atoms with Gasteiger partial charge in [0, 0.05) is 29.4 Å². The molecule has 4 aliphatic carbocycles. The summed E-state index contributed by atoms with van der Waals surface area (Å²) in [4.78, 5) is 25.6. The first-order chi connectivity index (χ1) is 16.4. The van der Waals surface area contributed by atoms with Crippen LogP contribution in [0.1, 0.15) is 77.3 Å². The predicted octanol–water partition coefficient (Wildman–Crippen LogP) is 5.80. The van der Waals surface area contributed by atoms with Gasteiger partial charge in [-0.05, 0) is 92.9 Å². The van der Waals surface area contributed by atoms with Crippen LogP contribution in [0.15, 0.2) is 42.5 Å². The standard InChI is InChI=1S/C28H32O5S/c1-17(31-2)32-16-33-25-8-7-21(26(29)22-5-3-4-6-23(22)27(30)34)12-24(25)28-13-18-9-19(14-28)11-20(10-18)15-28/h3-8,12,17-20H,9-11,13-16H2,1-2H3,(H,30,34). The number of rotatable bonds is 9. The summed E-state index contributed by atoms with van der Waals surface area (Å²) >= 11 is 3.97. The molecule has 0 saturated heterocycles. The first-order valence-electron chi connectivity index (χ1n) is 12.2. The molecule has 34 heavy (non-hydrogen) atoms. The largest absolute Gasteiger partial charge is 0.467 e. The van der Waals surface area contributed by atoms with Gasteiger partial charge in [0.05, 0.1) is 0 Å². The van der Waals surface area contributed by atoms with E-state index in [0.717, 1.165) is 48.3 Å². The van der Waals surface area contributed by atoms with Gasteiger partial charge in [-0.15, -0.1) is 12.6 Å². The number of hydrogen-bond acceptors (Lipinski definition) is 5. The zero-order valence-corrected chi connectivity index (χ0v) is 20.7. The maximum absolute atomic E-state index is 13.5. The number of benzene rings is 2. The van der Waals surface area contributed by atoms with Gasteiger partial charge in [-0.1, -0.05) is 18.2 Å². The molecule has 180 valence electrons. The van der Waals surface area contributed by atoms with Crippen LogP contribution in [0.4, 0.5) is 0 Å². The zero-order chi connectivity index (χ0) is 23.9. The van der Waals surface area contributed by atoms with Crippen molar-refractivity contribution >= 4 is 23.5 Å². The number of ether oxygens (including phenoxy) is 3. The highest BCUT2D eigenvalue weighted by atomic mass is 32.1. The fraction of sp³-hybridized carbons (Fsp3) is 0.500. The normalized spacial score (nSPS) is 28.0. The molecule has 4 fully saturated rings. The minimum absolute atomic E-state index is 0.0339. The van der Waals surface area contributed by atoms with Gasteiger partial charge in [-0.2, -0.15) is 0 Å². The van der Waals surface area contributed by atoms with E-state index in [1.807, 2.05) is 19.1 Å². The van der Waals surface area contributed by atoms with E-state index in [0.29, 0.717) is 16.7 Å². The Balaban J connectivity index is 1.52. The van der Waals surface area contributed by atoms with Crippen molar-refractivity contribution in [2.24, 2.45) is 17.8 Å². The molecule has 0 heterocycles. The van der Waals surface area contributed by atoms with Crippen molar-refractivity contribution in [3.05, 3.63) is 64.7 Å². The quantitative estimate of drug-likeness (QED) is 0.279. The van der Waals surface area contributed by atoms with Crippen LogP contribution in [0.25, 0.3) is 0 Å². The molecule has 0 N–H and O–H groups in total. The summed E-state index contributed by atoms with van der Waals surface area (Å²) in [5, 5.41) is -0.408. The van der Waals surface area contributed by atoms with Gasteiger partial charge in [0.1, 0.15) is 5.75 Å². The fourth-order valence-corrected chi connectivity index (χ4v) is 7.13. The third-order valence-corrected chi connectivity index (χ3v) is 8.34. The molecule has 6 heteroatoms. The summed E-state index contributed by atoms with van der Waals surface area (Å²) in [6, 6.07) is 12.6. The van der Waals surface area contributed by atoms with E-state index >= 15 is 0 Å². The Bertz CT molecular complexity index is 1060. The second-order valence-corrected chi connectivity index (χ2v) is 10.7. The van der Waals surface area contributed by atoms with Crippen molar-refractivity contribution in [1.82, 2.24) is 0 Å². The summed E-state index contributed by atoms with van der Waals surface area (Å²) < 4.78 is 16.9. The molecule has 0 aliphatic heterocycles. The average molecular weight is 481 g/mol. The summed E-state index contributed by atoms with van der Waals surface area (Å²) in [7, 11) is 1.60. The average Bonchev–Trinajstić information content (AvgIpc) is 2.82. The van der Waals surface area contributed by atoms with Crippen LogP contribution < -0.4 is 4.74 Å². The van der Waals surface area contributed by atoms with Crippen molar-refractivity contribution in [3.8, 4) is 5.75 Å². The van der Waals surface area contributed by atoms with Gasteiger partial charge in [-0.25, -0.2) is 0 Å². The third kappa shape index (κ3) is 4.43. The van der Waals surface area contributed by atoms with Crippen molar-refractivity contribution in [2.45, 2.75) is 57.2 Å². The predicted molar refractivity (Wildman–Crippen MR) is 133 cm³/mol. The van der Waals surface area contributed by atoms with Crippen LogP contribution in [0, 0.1) is 17.8 Å². The lowest BCUT2D eigenvalue weighted by Gasteiger charge is -2.57. The van der Waals surface area contributed by atoms with E-state index < -0.39 is 5.12 Å². The number of ketones is 1. The van der Waals surface area contributed by atoms with E-state index in [9.17, 15) is 9.59 Å². The summed E-state index contributed by atoms with van der Waals surface area (Å²) in [6.45, 7) is 1.91. The molecule has 1 atom stereocenters. The van der Waals surface area contributed by atoms with Crippen LogP contribution in [0.3, 0.4) is 0 Å². The molecule has 0 radical (unpaired) electrons. The molecule has 0 amide bonds. The van der Waals surface area contributed by atoms with Crippen LogP contribution >= 0.6 is 12.6 Å². The molecule has 0 spiro atoms. The topological polar surface area (TPSA) is 61.8 Å². The van der Waals surface area contributed by atoms with E-state index in [-0.39, 0.29) is 24.3 Å². The molecule has 2 aromatic carbocycles. The summed E-state index contributed by atoms with van der Waals surface area (Å²) in [6.07, 6.45) is 7.08. The number of carbonyl (C=O) groups excluding carboxylic acids is 2. The summed E-state index contributed by atoms with van der Waals surface area (Å²) in [5.41, 5.74) is 2.43. The molecule has 4 saturated carbocycles. The molecular formula is C28H32O5S. The third-order valence-electron chi connectivity index (χ3n) is 8.10. The second kappa shape index (κ2) is 9.48. The first kappa shape index (κ1) is 23.6. The lowest BCUT2D eigenvalue weighted by Crippen LogP contribution is -2.48. The molecule has 4 aliphatic rings. The molecule has 1 unspecified atom stereocenters. The Morgan fingerprint density at radius 3 is 2.21 bits per heavy atom. The number of methoxy groups -OCH3 is 1. The second-order valence-electron chi connectivity index (χ2n) is 10.3. The first-order valence-corrected chi connectivity index (χ1v) is 12.6. The van der Waals surface area contributed by atoms with Crippen molar-refractivity contribution in [3.63, 3.8) is 0 Å². The highest BCUT2D eigenvalue weighted by Gasteiger charge is 2.52. The van der Waals surface area contributed by atoms with Gasteiger partial charge in [-0.3, -0.25) is 9.59 Å². The van der Waals surface area contributed by atoms with Crippen LogP contribution in [0.5, 0.6) is 5.75 Å². The SMILES string of the molecule is COC(C)OCOc1ccc(C(=O)c2ccccc2C(=O)S)cc1C12CC3CC(CC(C3)C1)C2. The van der Waals surface area contributed by atoms with Crippen molar-refractivity contribution in [1.29, 1.82) is 0 Å². The van der Waals surface area contributed by atoms with Gasteiger partial charge < -0.3 is 14.2 Å². The minimum Gasteiger partial charge on any atom is -0.467 e. The highest BCUT2D eigenvalue weighted by Crippen LogP contribution is 2.62. The highest BCUT2D eigenvalue weighted by molar-refractivity contribution is 7.97. The van der Waals surface area contributed by atoms with Gasteiger partial charge in [0.15, 0.2) is 18.9 Å². The molecule has 4 bridgehead atoms. The molecule has 0 aromatic heterocycles. The van der Waals surface area contributed by atoms with E-state index in [1.54, 1.807) is 37.4 Å². The van der Waals surface area contributed by atoms with Crippen molar-refractivity contribution < 1.29 is 23.8 Å². The number of thiol groups is 1. The Kier molecular flexibility index (Phi) is 6.58. The maximum Gasteiger partial charge on any atom is 0.217 e. The minimum atomic E-state index is -0.408. The number of carbonyl (C=O) groups is 2. The van der Waals surface area contributed by atoms with Crippen LogP contribution in [0.2, 0.25) is 0 Å². The fourth-order valence-electron chi connectivity index (χ4n) is 6.94.